The summed E-state index contributed by atoms with van der Waals surface area (Å²) in [7, 11) is 0. The van der Waals surface area contributed by atoms with Crippen LogP contribution in [0.1, 0.15) is 38.3 Å². The van der Waals surface area contributed by atoms with Crippen molar-refractivity contribution in [3.63, 3.8) is 0 Å². The van der Waals surface area contributed by atoms with Gasteiger partial charge in [-0.1, -0.05) is 23.7 Å². The molecule has 0 spiro atoms. The van der Waals surface area contributed by atoms with E-state index in [0.29, 0.717) is 24.5 Å². The van der Waals surface area contributed by atoms with Crippen LogP contribution in [0.25, 0.3) is 0 Å². The van der Waals surface area contributed by atoms with Crippen molar-refractivity contribution in [2.75, 3.05) is 13.1 Å². The summed E-state index contributed by atoms with van der Waals surface area (Å²) < 4.78 is 5.41. The first-order chi connectivity index (χ1) is 9.62. The van der Waals surface area contributed by atoms with Crippen LogP contribution in [0.5, 0.6) is 0 Å². The van der Waals surface area contributed by atoms with Crippen LogP contribution in [0.2, 0.25) is 5.02 Å². The molecule has 1 fully saturated rings. The Morgan fingerprint density at radius 2 is 2.10 bits per heavy atom. The summed E-state index contributed by atoms with van der Waals surface area (Å²) in [5.41, 5.74) is 7.41. The zero-order chi connectivity index (χ0) is 15.8. The Morgan fingerprint density at radius 3 is 2.67 bits per heavy atom. The van der Waals surface area contributed by atoms with Gasteiger partial charge in [0.25, 0.3) is 0 Å². The lowest BCUT2D eigenvalue weighted by Gasteiger charge is -2.29. The summed E-state index contributed by atoms with van der Waals surface area (Å²) in [5, 5.41) is 0.656. The molecular formula is C16H23ClN2O2. The molecule has 0 saturated carbocycles. The van der Waals surface area contributed by atoms with Gasteiger partial charge in [0.15, 0.2) is 0 Å². The lowest BCUT2D eigenvalue weighted by atomic mass is 9.87. The largest absolute Gasteiger partial charge is 0.444 e. The number of nitrogens with two attached hydrogens (primary N) is 1. The molecule has 21 heavy (non-hydrogen) atoms. The molecule has 1 saturated heterocycles. The summed E-state index contributed by atoms with van der Waals surface area (Å²) in [4.78, 5) is 13.8. The van der Waals surface area contributed by atoms with Gasteiger partial charge >= 0.3 is 6.09 Å². The maximum Gasteiger partial charge on any atom is 0.410 e. The number of ether oxygens (including phenoxy) is 1. The van der Waals surface area contributed by atoms with E-state index in [-0.39, 0.29) is 6.09 Å². The van der Waals surface area contributed by atoms with Crippen LogP contribution < -0.4 is 5.73 Å². The second-order valence-corrected chi connectivity index (χ2v) is 7.15. The van der Waals surface area contributed by atoms with E-state index in [2.05, 4.69) is 0 Å². The zero-order valence-electron chi connectivity index (χ0n) is 13.1. The number of nitrogens with zero attached hydrogens (tertiary/aromatic N) is 1. The van der Waals surface area contributed by atoms with Gasteiger partial charge in [-0.3, -0.25) is 0 Å². The molecule has 4 nitrogen and oxygen atoms in total. The Kier molecular flexibility index (Phi) is 4.22. The van der Waals surface area contributed by atoms with Gasteiger partial charge < -0.3 is 15.4 Å². The van der Waals surface area contributed by atoms with Crippen molar-refractivity contribution in [1.82, 2.24) is 4.90 Å². The molecule has 1 aromatic rings. The zero-order valence-corrected chi connectivity index (χ0v) is 13.8. The summed E-state index contributed by atoms with van der Waals surface area (Å²) in [6, 6.07) is 5.74. The molecule has 1 unspecified atom stereocenters. The van der Waals surface area contributed by atoms with Gasteiger partial charge in [-0.25, -0.2) is 4.79 Å². The van der Waals surface area contributed by atoms with Gasteiger partial charge in [0, 0.05) is 18.1 Å². The van der Waals surface area contributed by atoms with Crippen molar-refractivity contribution in [3.05, 3.63) is 34.3 Å². The quantitative estimate of drug-likeness (QED) is 0.864. The lowest BCUT2D eigenvalue weighted by molar-refractivity contribution is 0.0284. The van der Waals surface area contributed by atoms with Crippen molar-refractivity contribution >= 4 is 17.7 Å². The molecule has 1 heterocycles. The number of halogens is 1. The number of hydrogen-bond donors (Lipinski definition) is 1. The number of aryl methyl sites for hydroxylation is 1. The summed E-state index contributed by atoms with van der Waals surface area (Å²) >= 11 is 6.32. The Bertz CT molecular complexity index is 533. The molecule has 1 aromatic carbocycles. The summed E-state index contributed by atoms with van der Waals surface area (Å²) in [5.74, 6) is 0. The van der Waals surface area contributed by atoms with Gasteiger partial charge in [0.2, 0.25) is 0 Å². The van der Waals surface area contributed by atoms with Crippen molar-refractivity contribution in [2.24, 2.45) is 5.73 Å². The summed E-state index contributed by atoms with van der Waals surface area (Å²) in [6.45, 7) is 8.56. The van der Waals surface area contributed by atoms with Crippen LogP contribution in [0, 0.1) is 6.92 Å². The van der Waals surface area contributed by atoms with Crippen LogP contribution in [0.15, 0.2) is 18.2 Å². The first kappa shape index (κ1) is 16.1. The average Bonchev–Trinajstić information content (AvgIpc) is 2.70. The molecule has 0 bridgehead atoms. The Balaban J connectivity index is 2.19. The van der Waals surface area contributed by atoms with Crippen molar-refractivity contribution in [1.29, 1.82) is 0 Å². The van der Waals surface area contributed by atoms with Gasteiger partial charge in [0.05, 0.1) is 5.54 Å². The first-order valence-corrected chi connectivity index (χ1v) is 7.53. The number of carbonyl (C=O) groups excluding carboxylic acids is 1. The maximum atomic E-state index is 12.2. The number of rotatable bonds is 1. The third-order valence-electron chi connectivity index (χ3n) is 3.67. The van der Waals surface area contributed by atoms with Gasteiger partial charge in [-0.2, -0.15) is 0 Å². The molecule has 0 aromatic heterocycles. The Morgan fingerprint density at radius 1 is 1.43 bits per heavy atom. The predicted molar refractivity (Wildman–Crippen MR) is 84.5 cm³/mol. The van der Waals surface area contributed by atoms with Crippen molar-refractivity contribution in [2.45, 2.75) is 45.3 Å². The van der Waals surface area contributed by atoms with E-state index in [1.807, 2.05) is 45.9 Å². The molecule has 0 aliphatic carbocycles. The van der Waals surface area contributed by atoms with E-state index in [4.69, 9.17) is 22.1 Å². The number of carbonyl (C=O) groups is 1. The van der Waals surface area contributed by atoms with Gasteiger partial charge in [0.1, 0.15) is 5.60 Å². The Labute approximate surface area is 131 Å². The minimum atomic E-state index is -0.612. The molecule has 5 heteroatoms. The molecule has 1 atom stereocenters. The molecule has 1 aliphatic rings. The Hall–Kier alpha value is -1.26. The molecule has 116 valence electrons. The van der Waals surface area contributed by atoms with Crippen LogP contribution in [0.3, 0.4) is 0 Å². The number of hydrogen-bond acceptors (Lipinski definition) is 3. The van der Waals surface area contributed by atoms with E-state index >= 15 is 0 Å². The lowest BCUT2D eigenvalue weighted by Crippen LogP contribution is -2.43. The van der Waals surface area contributed by atoms with E-state index < -0.39 is 11.1 Å². The molecule has 2 rings (SSSR count). The fourth-order valence-corrected chi connectivity index (χ4v) is 3.19. The highest BCUT2D eigenvalue weighted by atomic mass is 35.5. The smallest absolute Gasteiger partial charge is 0.410 e. The second kappa shape index (κ2) is 5.50. The monoisotopic (exact) mass is 310 g/mol. The van der Waals surface area contributed by atoms with Crippen LogP contribution in [-0.4, -0.2) is 29.7 Å². The van der Waals surface area contributed by atoms with Gasteiger partial charge in [-0.15, -0.1) is 0 Å². The second-order valence-electron chi connectivity index (χ2n) is 6.74. The highest BCUT2D eigenvalue weighted by Crippen LogP contribution is 2.36. The number of amides is 1. The average molecular weight is 311 g/mol. The SMILES string of the molecule is Cc1cccc(Cl)c1C1(N)CCN(C(=O)OC(C)(C)C)C1. The molecule has 1 aliphatic heterocycles. The minimum absolute atomic E-state index is 0.320. The molecule has 1 amide bonds. The first-order valence-electron chi connectivity index (χ1n) is 7.15. The van der Waals surface area contributed by atoms with Crippen molar-refractivity contribution in [3.8, 4) is 0 Å². The highest BCUT2D eigenvalue weighted by molar-refractivity contribution is 6.31. The van der Waals surface area contributed by atoms with Crippen molar-refractivity contribution < 1.29 is 9.53 Å². The normalized spacial score (nSPS) is 22.5. The van der Waals surface area contributed by atoms with E-state index in [0.717, 1.165) is 11.1 Å². The standard InChI is InChI=1S/C16H23ClN2O2/c1-11-6-5-7-12(17)13(11)16(18)8-9-19(10-16)14(20)21-15(2,3)4/h5-7H,8-10,18H2,1-4H3. The number of likely N-dealkylation sites (tertiary alicyclic amines) is 1. The van der Waals surface area contributed by atoms with E-state index in [1.54, 1.807) is 4.90 Å². The number of benzene rings is 1. The van der Waals surface area contributed by atoms with Crippen LogP contribution in [0.4, 0.5) is 4.79 Å². The third kappa shape index (κ3) is 3.50. The molecule has 2 N–H and O–H groups in total. The fraction of sp³-hybridized carbons (Fsp3) is 0.562. The highest BCUT2D eigenvalue weighted by Gasteiger charge is 2.41. The van der Waals surface area contributed by atoms with Crippen LogP contribution in [-0.2, 0) is 10.3 Å². The fourth-order valence-electron chi connectivity index (χ4n) is 2.78. The third-order valence-corrected chi connectivity index (χ3v) is 3.99. The minimum Gasteiger partial charge on any atom is -0.444 e. The van der Waals surface area contributed by atoms with Gasteiger partial charge in [-0.05, 0) is 51.3 Å². The molecular weight excluding hydrogens is 288 g/mol. The summed E-state index contributed by atoms with van der Waals surface area (Å²) in [6.07, 6.45) is 0.358. The maximum absolute atomic E-state index is 12.2. The van der Waals surface area contributed by atoms with E-state index in [1.165, 1.54) is 0 Å². The van der Waals surface area contributed by atoms with E-state index in [9.17, 15) is 4.79 Å². The topological polar surface area (TPSA) is 55.6 Å². The van der Waals surface area contributed by atoms with Crippen LogP contribution >= 0.6 is 11.6 Å². The molecule has 0 radical (unpaired) electrons. The predicted octanol–water partition coefficient (Wildman–Crippen LogP) is 3.44.